The molecule has 5 nitrogen and oxygen atoms in total. The molecule has 1 N–H and O–H groups in total. The van der Waals surface area contributed by atoms with E-state index in [0.717, 1.165) is 63.4 Å². The van der Waals surface area contributed by atoms with Gasteiger partial charge in [-0.3, -0.25) is 4.79 Å². The molecule has 1 aromatic heterocycles. The van der Waals surface area contributed by atoms with E-state index in [-0.39, 0.29) is 11.9 Å². The fraction of sp³-hybridized carbons (Fsp3) is 0.429. The number of pyridine rings is 1. The van der Waals surface area contributed by atoms with Crippen LogP contribution in [0.4, 0.5) is 5.82 Å². The Labute approximate surface area is 155 Å². The fourth-order valence-corrected chi connectivity index (χ4v) is 4.05. The van der Waals surface area contributed by atoms with E-state index in [9.17, 15) is 4.79 Å². The Morgan fingerprint density at radius 2 is 1.81 bits per heavy atom. The number of piperazine rings is 1. The maximum atomic E-state index is 13.2. The van der Waals surface area contributed by atoms with Crippen molar-refractivity contribution in [3.05, 3.63) is 59.8 Å². The summed E-state index contributed by atoms with van der Waals surface area (Å²) < 4.78 is 0. The van der Waals surface area contributed by atoms with E-state index in [1.807, 2.05) is 42.6 Å². The molecule has 26 heavy (non-hydrogen) atoms. The van der Waals surface area contributed by atoms with Gasteiger partial charge in [-0.25, -0.2) is 4.98 Å². The highest BCUT2D eigenvalue weighted by Gasteiger charge is 2.31. The van der Waals surface area contributed by atoms with Crippen molar-refractivity contribution in [3.8, 4) is 0 Å². The Morgan fingerprint density at radius 3 is 2.62 bits per heavy atom. The van der Waals surface area contributed by atoms with Crippen molar-refractivity contribution in [3.63, 3.8) is 0 Å². The number of benzene rings is 1. The predicted octanol–water partition coefficient (Wildman–Crippen LogP) is 2.86. The highest BCUT2D eigenvalue weighted by atomic mass is 16.2. The van der Waals surface area contributed by atoms with Crippen LogP contribution in [-0.2, 0) is 0 Å². The quantitative estimate of drug-likeness (QED) is 0.925. The zero-order valence-corrected chi connectivity index (χ0v) is 15.1. The van der Waals surface area contributed by atoms with Crippen LogP contribution in [0.25, 0.3) is 0 Å². The molecule has 1 aromatic carbocycles. The van der Waals surface area contributed by atoms with Crippen LogP contribution in [0, 0.1) is 0 Å². The number of aromatic nitrogens is 1. The molecule has 2 aliphatic heterocycles. The molecule has 0 radical (unpaired) electrons. The number of anilines is 1. The van der Waals surface area contributed by atoms with E-state index in [1.54, 1.807) is 0 Å². The van der Waals surface area contributed by atoms with Gasteiger partial charge < -0.3 is 15.1 Å². The van der Waals surface area contributed by atoms with Crippen LogP contribution in [-0.4, -0.2) is 48.5 Å². The number of carbonyl (C=O) groups excluding carboxylic acids is 1. The third-order valence-electron chi connectivity index (χ3n) is 5.38. The van der Waals surface area contributed by atoms with Crippen LogP contribution in [0.5, 0.6) is 0 Å². The molecule has 2 saturated heterocycles. The van der Waals surface area contributed by atoms with Gasteiger partial charge in [0.15, 0.2) is 0 Å². The van der Waals surface area contributed by atoms with Crippen molar-refractivity contribution in [1.29, 1.82) is 0 Å². The third-order valence-corrected chi connectivity index (χ3v) is 5.38. The minimum atomic E-state index is 0.107. The smallest absolute Gasteiger partial charge is 0.254 e. The Morgan fingerprint density at radius 1 is 1.00 bits per heavy atom. The second-order valence-electron chi connectivity index (χ2n) is 7.03. The molecule has 4 rings (SSSR count). The van der Waals surface area contributed by atoms with Gasteiger partial charge >= 0.3 is 0 Å². The lowest BCUT2D eigenvalue weighted by Gasteiger charge is -2.39. The molecule has 5 heteroatoms. The first-order chi connectivity index (χ1) is 12.8. The number of nitrogens with one attached hydrogen (secondary N) is 1. The number of piperidine rings is 1. The van der Waals surface area contributed by atoms with Gasteiger partial charge in [-0.15, -0.1) is 0 Å². The number of nitrogens with zero attached hydrogens (tertiary/aromatic N) is 3. The molecule has 2 aromatic rings. The van der Waals surface area contributed by atoms with E-state index in [4.69, 9.17) is 4.98 Å². The van der Waals surface area contributed by atoms with Gasteiger partial charge in [0, 0.05) is 50.0 Å². The summed E-state index contributed by atoms with van der Waals surface area (Å²) in [6, 6.07) is 13.9. The Hall–Kier alpha value is -2.40. The molecular formula is C21H26N4O. The Bertz CT molecular complexity index is 743. The maximum Gasteiger partial charge on any atom is 0.254 e. The fourth-order valence-electron chi connectivity index (χ4n) is 4.05. The van der Waals surface area contributed by atoms with Gasteiger partial charge in [0.1, 0.15) is 5.82 Å². The van der Waals surface area contributed by atoms with Gasteiger partial charge in [-0.1, -0.05) is 24.3 Å². The Kier molecular flexibility index (Phi) is 5.16. The number of rotatable bonds is 3. The van der Waals surface area contributed by atoms with Gasteiger partial charge in [0.2, 0.25) is 0 Å². The van der Waals surface area contributed by atoms with E-state index in [0.29, 0.717) is 0 Å². The predicted molar refractivity (Wildman–Crippen MR) is 103 cm³/mol. The highest BCUT2D eigenvalue weighted by Crippen LogP contribution is 2.36. The van der Waals surface area contributed by atoms with Crippen LogP contribution in [0.15, 0.2) is 48.7 Å². The summed E-state index contributed by atoms with van der Waals surface area (Å²) in [7, 11) is 0. The molecule has 2 fully saturated rings. The summed E-state index contributed by atoms with van der Waals surface area (Å²) in [6.07, 6.45) is 5.09. The summed E-state index contributed by atoms with van der Waals surface area (Å²) in [4.78, 5) is 22.3. The van der Waals surface area contributed by atoms with Crippen molar-refractivity contribution >= 4 is 11.7 Å². The summed E-state index contributed by atoms with van der Waals surface area (Å²) in [5.74, 6) is 1.18. The molecule has 2 aliphatic rings. The summed E-state index contributed by atoms with van der Waals surface area (Å²) >= 11 is 0. The molecule has 1 atom stereocenters. The average Bonchev–Trinajstić information content (AvgIpc) is 2.74. The molecular weight excluding hydrogens is 324 g/mol. The zero-order chi connectivity index (χ0) is 17.8. The number of likely N-dealkylation sites (tertiary alicyclic amines) is 1. The van der Waals surface area contributed by atoms with Crippen molar-refractivity contribution < 1.29 is 4.79 Å². The van der Waals surface area contributed by atoms with Gasteiger partial charge in [0.05, 0.1) is 6.04 Å². The van der Waals surface area contributed by atoms with E-state index in [1.165, 1.54) is 5.56 Å². The van der Waals surface area contributed by atoms with Gasteiger partial charge in [0.25, 0.3) is 5.91 Å². The number of hydrogen-bond acceptors (Lipinski definition) is 4. The summed E-state index contributed by atoms with van der Waals surface area (Å²) in [5, 5.41) is 3.40. The first kappa shape index (κ1) is 17.0. The minimum Gasteiger partial charge on any atom is -0.354 e. The standard InChI is InChI=1S/C21H26N4O/c26-21(17-7-2-1-3-8-17)25-14-5-4-10-19(25)18-9-6-11-23-20(18)24-15-12-22-13-16-24/h1-3,6-9,11,19,22H,4-5,10,12-16H2/t19-/m0/s1. The van der Waals surface area contributed by atoms with Crippen LogP contribution in [0.3, 0.4) is 0 Å². The van der Waals surface area contributed by atoms with Gasteiger partial charge in [-0.05, 0) is 37.5 Å². The van der Waals surface area contributed by atoms with Crippen LogP contribution in [0.2, 0.25) is 0 Å². The van der Waals surface area contributed by atoms with Crippen molar-refractivity contribution in [2.24, 2.45) is 0 Å². The lowest BCUT2D eigenvalue weighted by Crippen LogP contribution is -2.45. The lowest BCUT2D eigenvalue weighted by atomic mass is 9.94. The van der Waals surface area contributed by atoms with Crippen molar-refractivity contribution in [1.82, 2.24) is 15.2 Å². The maximum absolute atomic E-state index is 13.2. The first-order valence-corrected chi connectivity index (χ1v) is 9.61. The van der Waals surface area contributed by atoms with Crippen LogP contribution in [0.1, 0.15) is 41.2 Å². The molecule has 136 valence electrons. The first-order valence-electron chi connectivity index (χ1n) is 9.61. The van der Waals surface area contributed by atoms with Crippen molar-refractivity contribution in [2.45, 2.75) is 25.3 Å². The monoisotopic (exact) mass is 350 g/mol. The summed E-state index contributed by atoms with van der Waals surface area (Å²) in [5.41, 5.74) is 1.96. The number of hydrogen-bond donors (Lipinski definition) is 1. The minimum absolute atomic E-state index is 0.107. The normalized spacial score (nSPS) is 20.8. The van der Waals surface area contributed by atoms with E-state index < -0.39 is 0 Å². The second-order valence-corrected chi connectivity index (χ2v) is 7.03. The Balaban J connectivity index is 1.65. The average molecular weight is 350 g/mol. The third kappa shape index (κ3) is 3.44. The molecule has 0 saturated carbocycles. The van der Waals surface area contributed by atoms with Crippen LogP contribution < -0.4 is 10.2 Å². The highest BCUT2D eigenvalue weighted by molar-refractivity contribution is 5.94. The number of amides is 1. The molecule has 1 amide bonds. The van der Waals surface area contributed by atoms with E-state index in [2.05, 4.69) is 21.2 Å². The molecule has 0 spiro atoms. The topological polar surface area (TPSA) is 48.5 Å². The molecule has 0 aliphatic carbocycles. The second kappa shape index (κ2) is 7.87. The lowest BCUT2D eigenvalue weighted by molar-refractivity contribution is 0.0611. The molecule has 0 unspecified atom stereocenters. The van der Waals surface area contributed by atoms with Crippen molar-refractivity contribution in [2.75, 3.05) is 37.6 Å². The van der Waals surface area contributed by atoms with Crippen LogP contribution >= 0.6 is 0 Å². The SMILES string of the molecule is O=C(c1ccccc1)N1CCCC[C@H]1c1cccnc1N1CCNCC1. The zero-order valence-electron chi connectivity index (χ0n) is 15.1. The summed E-state index contributed by atoms with van der Waals surface area (Å²) in [6.45, 7) is 4.70. The number of carbonyl (C=O) groups is 1. The molecule has 3 heterocycles. The largest absolute Gasteiger partial charge is 0.354 e. The van der Waals surface area contributed by atoms with E-state index >= 15 is 0 Å². The molecule has 0 bridgehead atoms. The van der Waals surface area contributed by atoms with Gasteiger partial charge in [-0.2, -0.15) is 0 Å².